The average molecular weight is 259 g/mol. The SMILES string of the molecule is CCN(c1ccc(CN)c(C)n1)c1ccccc1F. The second kappa shape index (κ2) is 5.80. The third-order valence-electron chi connectivity index (χ3n) is 3.14. The normalized spacial score (nSPS) is 10.5. The van der Waals surface area contributed by atoms with Crippen molar-refractivity contribution >= 4 is 11.5 Å². The molecular formula is C15H18FN3. The summed E-state index contributed by atoms with van der Waals surface area (Å²) in [6.07, 6.45) is 0. The first-order valence-corrected chi connectivity index (χ1v) is 6.36. The van der Waals surface area contributed by atoms with Gasteiger partial charge in [-0.3, -0.25) is 0 Å². The predicted octanol–water partition coefficient (Wildman–Crippen LogP) is 3.15. The molecule has 2 aromatic rings. The minimum Gasteiger partial charge on any atom is -0.326 e. The van der Waals surface area contributed by atoms with Crippen LogP contribution in [-0.2, 0) is 6.54 Å². The highest BCUT2D eigenvalue weighted by molar-refractivity contribution is 5.60. The molecule has 0 saturated heterocycles. The smallest absolute Gasteiger partial charge is 0.146 e. The second-order valence-corrected chi connectivity index (χ2v) is 4.31. The van der Waals surface area contributed by atoms with Gasteiger partial charge >= 0.3 is 0 Å². The number of aromatic nitrogens is 1. The fraction of sp³-hybridized carbons (Fsp3) is 0.267. The number of aryl methyl sites for hydroxylation is 1. The van der Waals surface area contributed by atoms with Crippen molar-refractivity contribution in [2.75, 3.05) is 11.4 Å². The summed E-state index contributed by atoms with van der Waals surface area (Å²) in [6.45, 7) is 5.00. The van der Waals surface area contributed by atoms with Crippen molar-refractivity contribution < 1.29 is 4.39 Å². The average Bonchev–Trinajstić information content (AvgIpc) is 2.42. The van der Waals surface area contributed by atoms with E-state index in [2.05, 4.69) is 4.98 Å². The van der Waals surface area contributed by atoms with E-state index in [1.165, 1.54) is 6.07 Å². The number of rotatable bonds is 4. The minimum atomic E-state index is -0.244. The number of anilines is 2. The van der Waals surface area contributed by atoms with Crippen molar-refractivity contribution in [2.45, 2.75) is 20.4 Å². The molecule has 3 nitrogen and oxygen atoms in total. The highest BCUT2D eigenvalue weighted by Gasteiger charge is 2.13. The molecule has 0 aliphatic rings. The van der Waals surface area contributed by atoms with Crippen LogP contribution in [0.1, 0.15) is 18.2 Å². The van der Waals surface area contributed by atoms with E-state index in [0.717, 1.165) is 17.1 Å². The van der Waals surface area contributed by atoms with E-state index < -0.39 is 0 Å². The lowest BCUT2D eigenvalue weighted by Gasteiger charge is -2.23. The molecule has 19 heavy (non-hydrogen) atoms. The highest BCUT2D eigenvalue weighted by Crippen LogP contribution is 2.26. The Kier molecular flexibility index (Phi) is 4.12. The van der Waals surface area contributed by atoms with Crippen molar-refractivity contribution in [3.63, 3.8) is 0 Å². The number of pyridine rings is 1. The third kappa shape index (κ3) is 2.74. The molecule has 1 heterocycles. The van der Waals surface area contributed by atoms with Crippen molar-refractivity contribution in [3.8, 4) is 0 Å². The Bertz CT molecular complexity index is 569. The summed E-state index contributed by atoms with van der Waals surface area (Å²) in [5.74, 6) is 0.494. The molecular weight excluding hydrogens is 241 g/mol. The summed E-state index contributed by atoms with van der Waals surface area (Å²) < 4.78 is 13.9. The molecule has 0 aliphatic heterocycles. The Hall–Kier alpha value is -1.94. The minimum absolute atomic E-state index is 0.244. The lowest BCUT2D eigenvalue weighted by atomic mass is 10.2. The van der Waals surface area contributed by atoms with Crippen LogP contribution in [0.4, 0.5) is 15.9 Å². The predicted molar refractivity (Wildman–Crippen MR) is 75.9 cm³/mol. The summed E-state index contributed by atoms with van der Waals surface area (Å²) in [6, 6.07) is 10.5. The van der Waals surface area contributed by atoms with Gasteiger partial charge < -0.3 is 10.6 Å². The molecule has 0 unspecified atom stereocenters. The van der Waals surface area contributed by atoms with Gasteiger partial charge in [0.1, 0.15) is 11.6 Å². The molecule has 4 heteroatoms. The highest BCUT2D eigenvalue weighted by atomic mass is 19.1. The molecule has 0 bridgehead atoms. The quantitative estimate of drug-likeness (QED) is 0.917. The Balaban J connectivity index is 2.43. The lowest BCUT2D eigenvalue weighted by Crippen LogP contribution is -2.19. The molecule has 0 saturated carbocycles. The van der Waals surface area contributed by atoms with E-state index in [-0.39, 0.29) is 5.82 Å². The first-order valence-electron chi connectivity index (χ1n) is 6.36. The zero-order chi connectivity index (χ0) is 13.8. The number of halogens is 1. The van der Waals surface area contributed by atoms with Gasteiger partial charge in [0.15, 0.2) is 0 Å². The van der Waals surface area contributed by atoms with Gasteiger partial charge in [-0.25, -0.2) is 9.37 Å². The Labute approximate surface area is 112 Å². The van der Waals surface area contributed by atoms with Crippen LogP contribution in [0.3, 0.4) is 0 Å². The maximum Gasteiger partial charge on any atom is 0.146 e. The fourth-order valence-electron chi connectivity index (χ4n) is 2.07. The van der Waals surface area contributed by atoms with Gasteiger partial charge in [0.2, 0.25) is 0 Å². The fourth-order valence-corrected chi connectivity index (χ4v) is 2.07. The first-order chi connectivity index (χ1) is 9.17. The molecule has 1 aromatic carbocycles. The molecule has 100 valence electrons. The Morgan fingerprint density at radius 1 is 1.21 bits per heavy atom. The number of nitrogens with zero attached hydrogens (tertiary/aromatic N) is 2. The Morgan fingerprint density at radius 3 is 2.53 bits per heavy atom. The third-order valence-corrected chi connectivity index (χ3v) is 3.14. The number of para-hydroxylation sites is 1. The van der Waals surface area contributed by atoms with Gasteiger partial charge in [-0.05, 0) is 37.6 Å². The maximum absolute atomic E-state index is 13.9. The van der Waals surface area contributed by atoms with Crippen LogP contribution in [0.5, 0.6) is 0 Å². The number of hydrogen-bond donors (Lipinski definition) is 1. The summed E-state index contributed by atoms with van der Waals surface area (Å²) >= 11 is 0. The monoisotopic (exact) mass is 259 g/mol. The molecule has 0 aliphatic carbocycles. The molecule has 0 spiro atoms. The topological polar surface area (TPSA) is 42.1 Å². The van der Waals surface area contributed by atoms with Gasteiger partial charge in [0.25, 0.3) is 0 Å². The summed E-state index contributed by atoms with van der Waals surface area (Å²) in [5, 5.41) is 0. The first kappa shape index (κ1) is 13.5. The summed E-state index contributed by atoms with van der Waals surface area (Å²) in [4.78, 5) is 6.36. The van der Waals surface area contributed by atoms with E-state index >= 15 is 0 Å². The van der Waals surface area contributed by atoms with E-state index in [4.69, 9.17) is 5.73 Å². The van der Waals surface area contributed by atoms with Gasteiger partial charge in [-0.2, -0.15) is 0 Å². The largest absolute Gasteiger partial charge is 0.326 e. The van der Waals surface area contributed by atoms with E-state index in [9.17, 15) is 4.39 Å². The maximum atomic E-state index is 13.9. The van der Waals surface area contributed by atoms with Crippen LogP contribution in [0.15, 0.2) is 36.4 Å². The van der Waals surface area contributed by atoms with Gasteiger partial charge in [0, 0.05) is 18.8 Å². The van der Waals surface area contributed by atoms with E-state index in [0.29, 0.717) is 18.8 Å². The molecule has 0 radical (unpaired) electrons. The van der Waals surface area contributed by atoms with Crippen molar-refractivity contribution in [1.29, 1.82) is 0 Å². The van der Waals surface area contributed by atoms with Crippen LogP contribution >= 0.6 is 0 Å². The molecule has 0 atom stereocenters. The molecule has 0 fully saturated rings. The van der Waals surface area contributed by atoms with Crippen molar-refractivity contribution in [1.82, 2.24) is 4.98 Å². The van der Waals surface area contributed by atoms with Gasteiger partial charge in [-0.15, -0.1) is 0 Å². The van der Waals surface area contributed by atoms with Crippen LogP contribution in [0.25, 0.3) is 0 Å². The lowest BCUT2D eigenvalue weighted by molar-refractivity contribution is 0.625. The van der Waals surface area contributed by atoms with Crippen LogP contribution in [0.2, 0.25) is 0 Å². The molecule has 2 N–H and O–H groups in total. The standard InChI is InChI=1S/C15H18FN3/c1-3-19(14-7-5-4-6-13(14)16)15-9-8-12(10-17)11(2)18-15/h4-9H,3,10,17H2,1-2H3. The number of hydrogen-bond acceptors (Lipinski definition) is 3. The van der Waals surface area contributed by atoms with Crippen molar-refractivity contribution in [3.05, 3.63) is 53.5 Å². The summed E-state index contributed by atoms with van der Waals surface area (Å²) in [5.41, 5.74) is 8.06. The van der Waals surface area contributed by atoms with Crippen LogP contribution in [0, 0.1) is 12.7 Å². The van der Waals surface area contributed by atoms with Crippen molar-refractivity contribution in [2.24, 2.45) is 5.73 Å². The van der Waals surface area contributed by atoms with E-state index in [1.54, 1.807) is 12.1 Å². The second-order valence-electron chi connectivity index (χ2n) is 4.31. The summed E-state index contributed by atoms with van der Waals surface area (Å²) in [7, 11) is 0. The van der Waals surface area contributed by atoms with Crippen LogP contribution in [-0.4, -0.2) is 11.5 Å². The molecule has 2 rings (SSSR count). The van der Waals surface area contributed by atoms with Crippen LogP contribution < -0.4 is 10.6 Å². The number of benzene rings is 1. The zero-order valence-electron chi connectivity index (χ0n) is 11.2. The number of nitrogens with two attached hydrogens (primary N) is 1. The van der Waals surface area contributed by atoms with E-state index in [1.807, 2.05) is 36.9 Å². The molecule has 0 amide bonds. The van der Waals surface area contributed by atoms with Gasteiger partial charge in [0.05, 0.1) is 5.69 Å². The van der Waals surface area contributed by atoms with Gasteiger partial charge in [-0.1, -0.05) is 18.2 Å². The Morgan fingerprint density at radius 2 is 1.95 bits per heavy atom. The zero-order valence-corrected chi connectivity index (χ0v) is 11.2. The molecule has 1 aromatic heterocycles.